The lowest BCUT2D eigenvalue weighted by molar-refractivity contribution is -0.133. The first-order valence-corrected chi connectivity index (χ1v) is 3.51. The number of alkyl halides is 2. The van der Waals surface area contributed by atoms with Crippen molar-refractivity contribution in [3.63, 3.8) is 0 Å². The Kier molecular flexibility index (Phi) is 2.14. The molecule has 68 valence electrons. The van der Waals surface area contributed by atoms with Gasteiger partial charge in [-0.05, 0) is 6.42 Å². The molecule has 5 heteroatoms. The second kappa shape index (κ2) is 2.82. The van der Waals surface area contributed by atoms with E-state index in [2.05, 4.69) is 0 Å². The van der Waals surface area contributed by atoms with Crippen LogP contribution in [0.5, 0.6) is 0 Å². The van der Waals surface area contributed by atoms with Crippen LogP contribution >= 0.6 is 0 Å². The molecule has 0 amide bonds. The van der Waals surface area contributed by atoms with Crippen LogP contribution in [-0.4, -0.2) is 23.0 Å². The summed E-state index contributed by atoms with van der Waals surface area (Å²) in [6.07, 6.45) is 0.328. The quantitative estimate of drug-likeness (QED) is 0.621. The molecule has 0 bridgehead atoms. The highest BCUT2D eigenvalue weighted by Crippen LogP contribution is 2.31. The Bertz CT molecular complexity index is 238. The molecule has 0 spiro atoms. The van der Waals surface area contributed by atoms with Crippen molar-refractivity contribution in [2.75, 3.05) is 0 Å². The smallest absolute Gasteiger partial charge is 0.331 e. The molecular weight excluding hydrogens is 168 g/mol. The summed E-state index contributed by atoms with van der Waals surface area (Å²) in [7, 11) is 0. The molecule has 0 aliphatic heterocycles. The zero-order valence-electron chi connectivity index (χ0n) is 6.26. The molecule has 0 unspecified atom stereocenters. The lowest BCUT2D eigenvalue weighted by Gasteiger charge is -2.25. The third kappa shape index (κ3) is 1.61. The number of carbonyl (C=O) groups is 1. The largest absolute Gasteiger partial charge is 0.478 e. The van der Waals surface area contributed by atoms with E-state index in [0.29, 0.717) is 0 Å². The first-order chi connectivity index (χ1) is 5.43. The molecule has 0 saturated carbocycles. The maximum absolute atomic E-state index is 12.7. The lowest BCUT2D eigenvalue weighted by atomic mass is 9.93. The van der Waals surface area contributed by atoms with Crippen molar-refractivity contribution < 1.29 is 18.7 Å². The van der Waals surface area contributed by atoms with Gasteiger partial charge >= 0.3 is 5.97 Å². The van der Waals surface area contributed by atoms with Crippen molar-refractivity contribution >= 4 is 5.97 Å². The van der Waals surface area contributed by atoms with Crippen LogP contribution in [0.1, 0.15) is 12.8 Å². The van der Waals surface area contributed by atoms with Gasteiger partial charge in [0.2, 0.25) is 0 Å². The summed E-state index contributed by atoms with van der Waals surface area (Å²) < 4.78 is 25.3. The van der Waals surface area contributed by atoms with Gasteiger partial charge in [-0.15, -0.1) is 0 Å². The van der Waals surface area contributed by atoms with Crippen LogP contribution in [0.4, 0.5) is 8.78 Å². The van der Waals surface area contributed by atoms with E-state index < -0.39 is 24.4 Å². The van der Waals surface area contributed by atoms with Crippen molar-refractivity contribution in [2.24, 2.45) is 5.73 Å². The summed E-state index contributed by atoms with van der Waals surface area (Å²) >= 11 is 0. The Morgan fingerprint density at radius 1 is 1.75 bits per heavy atom. The van der Waals surface area contributed by atoms with E-state index in [1.54, 1.807) is 0 Å². The van der Waals surface area contributed by atoms with Gasteiger partial charge in [0.1, 0.15) is 0 Å². The maximum atomic E-state index is 12.7. The number of rotatable bonds is 1. The molecule has 3 nitrogen and oxygen atoms in total. The number of halogens is 2. The molecule has 0 fully saturated rings. The second-order valence-electron chi connectivity index (χ2n) is 2.78. The van der Waals surface area contributed by atoms with E-state index in [0.717, 1.165) is 6.08 Å². The fourth-order valence-corrected chi connectivity index (χ4v) is 1.07. The topological polar surface area (TPSA) is 63.3 Å². The van der Waals surface area contributed by atoms with Crippen LogP contribution in [0.15, 0.2) is 11.6 Å². The van der Waals surface area contributed by atoms with E-state index in [1.807, 2.05) is 0 Å². The van der Waals surface area contributed by atoms with Crippen molar-refractivity contribution in [3.8, 4) is 0 Å². The molecular formula is C7H9F2NO2. The van der Waals surface area contributed by atoms with Crippen molar-refractivity contribution in [2.45, 2.75) is 24.8 Å². The molecule has 0 aromatic heterocycles. The first kappa shape index (κ1) is 9.12. The maximum Gasteiger partial charge on any atom is 0.331 e. The molecule has 12 heavy (non-hydrogen) atoms. The normalized spacial score (nSPS) is 27.9. The first-order valence-electron chi connectivity index (χ1n) is 3.51. The van der Waals surface area contributed by atoms with E-state index in [4.69, 9.17) is 10.8 Å². The summed E-state index contributed by atoms with van der Waals surface area (Å²) in [5.41, 5.74) is 5.03. The molecule has 0 heterocycles. The zero-order valence-corrected chi connectivity index (χ0v) is 6.26. The predicted molar refractivity (Wildman–Crippen MR) is 37.9 cm³/mol. The van der Waals surface area contributed by atoms with Gasteiger partial charge in [-0.25, -0.2) is 13.6 Å². The summed E-state index contributed by atoms with van der Waals surface area (Å²) in [6, 6.07) is -1.46. The van der Waals surface area contributed by atoms with Crippen molar-refractivity contribution in [1.29, 1.82) is 0 Å². The van der Waals surface area contributed by atoms with Crippen LogP contribution in [0, 0.1) is 0 Å². The molecule has 1 aliphatic carbocycles. The SMILES string of the molecule is N[C@H]1C=C(C(=O)O)CCC1(F)F. The molecule has 1 aliphatic rings. The van der Waals surface area contributed by atoms with E-state index in [1.165, 1.54) is 0 Å². The average molecular weight is 177 g/mol. The molecule has 0 radical (unpaired) electrons. The summed E-state index contributed by atoms with van der Waals surface area (Å²) in [5, 5.41) is 8.46. The average Bonchev–Trinajstić information content (AvgIpc) is 1.94. The molecule has 1 atom stereocenters. The van der Waals surface area contributed by atoms with Crippen LogP contribution in [0.2, 0.25) is 0 Å². The van der Waals surface area contributed by atoms with Gasteiger partial charge in [0.15, 0.2) is 0 Å². The van der Waals surface area contributed by atoms with Crippen LogP contribution in [-0.2, 0) is 4.79 Å². The Labute approximate surface area is 67.9 Å². The lowest BCUT2D eigenvalue weighted by Crippen LogP contribution is -2.42. The van der Waals surface area contributed by atoms with E-state index >= 15 is 0 Å². The summed E-state index contributed by atoms with van der Waals surface area (Å²) in [5.74, 6) is -4.13. The van der Waals surface area contributed by atoms with E-state index in [-0.39, 0.29) is 12.0 Å². The minimum atomic E-state index is -2.96. The fraction of sp³-hybridized carbons (Fsp3) is 0.571. The zero-order chi connectivity index (χ0) is 9.35. The highest BCUT2D eigenvalue weighted by molar-refractivity contribution is 5.86. The van der Waals surface area contributed by atoms with Crippen LogP contribution in [0.25, 0.3) is 0 Å². The third-order valence-corrected chi connectivity index (χ3v) is 1.87. The summed E-state index contributed by atoms with van der Waals surface area (Å²) in [4.78, 5) is 10.3. The number of carboxylic acids is 1. The van der Waals surface area contributed by atoms with Gasteiger partial charge in [0.05, 0.1) is 6.04 Å². The molecule has 1 rings (SSSR count). The number of nitrogens with two attached hydrogens (primary N) is 1. The molecule has 0 aromatic rings. The number of hydrogen-bond donors (Lipinski definition) is 2. The van der Waals surface area contributed by atoms with Gasteiger partial charge < -0.3 is 10.8 Å². The number of hydrogen-bond acceptors (Lipinski definition) is 2. The predicted octanol–water partition coefficient (Wildman–Crippen LogP) is 0.754. The third-order valence-electron chi connectivity index (χ3n) is 1.87. The number of aliphatic carboxylic acids is 1. The highest BCUT2D eigenvalue weighted by atomic mass is 19.3. The monoisotopic (exact) mass is 177 g/mol. The van der Waals surface area contributed by atoms with Gasteiger partial charge in [0, 0.05) is 12.0 Å². The van der Waals surface area contributed by atoms with Gasteiger partial charge in [0.25, 0.3) is 5.92 Å². The van der Waals surface area contributed by atoms with Crippen molar-refractivity contribution in [1.82, 2.24) is 0 Å². The Hall–Kier alpha value is -0.970. The molecule has 3 N–H and O–H groups in total. The minimum absolute atomic E-state index is 0.0200. The standard InChI is InChI=1S/C7H9F2NO2/c8-7(9)2-1-4(6(11)12)3-5(7)10/h3,5H,1-2,10H2,(H,11,12)/t5-/m0/s1. The van der Waals surface area contributed by atoms with Gasteiger partial charge in [-0.3, -0.25) is 0 Å². The van der Waals surface area contributed by atoms with Gasteiger partial charge in [-0.2, -0.15) is 0 Å². The molecule has 0 saturated heterocycles. The van der Waals surface area contributed by atoms with E-state index in [9.17, 15) is 13.6 Å². The van der Waals surface area contributed by atoms with Gasteiger partial charge in [-0.1, -0.05) is 6.08 Å². The number of carboxylic acid groups (broad SMARTS) is 1. The Balaban J connectivity index is 2.82. The Morgan fingerprint density at radius 3 is 2.75 bits per heavy atom. The second-order valence-corrected chi connectivity index (χ2v) is 2.78. The Morgan fingerprint density at radius 2 is 2.33 bits per heavy atom. The summed E-state index contributed by atoms with van der Waals surface area (Å²) in [6.45, 7) is 0. The molecule has 0 aromatic carbocycles. The van der Waals surface area contributed by atoms with Crippen LogP contribution in [0.3, 0.4) is 0 Å². The minimum Gasteiger partial charge on any atom is -0.478 e. The highest BCUT2D eigenvalue weighted by Gasteiger charge is 2.39. The van der Waals surface area contributed by atoms with Crippen LogP contribution < -0.4 is 5.73 Å². The van der Waals surface area contributed by atoms with Crippen molar-refractivity contribution in [3.05, 3.63) is 11.6 Å². The fourth-order valence-electron chi connectivity index (χ4n) is 1.07.